The molecule has 0 amide bonds. The summed E-state index contributed by atoms with van der Waals surface area (Å²) in [5, 5.41) is 2.91. The number of nitrogens with one attached hydrogen (secondary N) is 1. The minimum absolute atomic E-state index is 0.551. The highest BCUT2D eigenvalue weighted by atomic mass is 16.4. The Morgan fingerprint density at radius 1 is 1.18 bits per heavy atom. The maximum atomic E-state index is 5.47. The lowest BCUT2D eigenvalue weighted by atomic mass is 10.0. The zero-order chi connectivity index (χ0) is 12.4. The fourth-order valence-corrected chi connectivity index (χ4v) is 1.80. The Morgan fingerprint density at radius 2 is 1.82 bits per heavy atom. The van der Waals surface area contributed by atoms with Crippen molar-refractivity contribution in [1.29, 1.82) is 0 Å². The zero-order valence-electron chi connectivity index (χ0n) is 10.7. The quantitative estimate of drug-likeness (QED) is 0.871. The van der Waals surface area contributed by atoms with Crippen LogP contribution in [-0.2, 0) is 0 Å². The highest BCUT2D eigenvalue weighted by Crippen LogP contribution is 2.26. The van der Waals surface area contributed by atoms with E-state index in [1.165, 1.54) is 5.56 Å². The van der Waals surface area contributed by atoms with Gasteiger partial charge in [0.05, 0.1) is 0 Å². The van der Waals surface area contributed by atoms with Crippen molar-refractivity contribution in [3.63, 3.8) is 0 Å². The summed E-state index contributed by atoms with van der Waals surface area (Å²) < 4.78 is 5.47. The summed E-state index contributed by atoms with van der Waals surface area (Å²) in [4.78, 5) is 4.40. The second-order valence-corrected chi connectivity index (χ2v) is 4.45. The molecule has 90 valence electrons. The van der Waals surface area contributed by atoms with Gasteiger partial charge in [-0.1, -0.05) is 38.1 Å². The molecule has 0 fully saturated rings. The van der Waals surface area contributed by atoms with Crippen LogP contribution in [0.2, 0.25) is 0 Å². The Bertz CT molecular complexity index is 497. The van der Waals surface area contributed by atoms with Crippen molar-refractivity contribution in [1.82, 2.24) is 4.98 Å². The smallest absolute Gasteiger partial charge is 0.295 e. The van der Waals surface area contributed by atoms with Crippen LogP contribution in [0.5, 0.6) is 0 Å². The van der Waals surface area contributed by atoms with Crippen molar-refractivity contribution in [2.75, 3.05) is 12.4 Å². The fraction of sp³-hybridized carbons (Fsp3) is 0.357. The SMILES string of the molecule is CNc1nc(-c2ccc(C(C)C)cc2)c(C)o1. The van der Waals surface area contributed by atoms with Gasteiger partial charge in [-0.25, -0.2) is 0 Å². The molecule has 1 aromatic carbocycles. The van der Waals surface area contributed by atoms with E-state index in [1.54, 1.807) is 7.05 Å². The van der Waals surface area contributed by atoms with Gasteiger partial charge in [0, 0.05) is 12.6 Å². The first-order chi connectivity index (χ1) is 8.11. The van der Waals surface area contributed by atoms with Crippen molar-refractivity contribution in [3.05, 3.63) is 35.6 Å². The average molecular weight is 230 g/mol. The van der Waals surface area contributed by atoms with Crippen LogP contribution in [0.25, 0.3) is 11.3 Å². The first-order valence-electron chi connectivity index (χ1n) is 5.87. The molecule has 0 aliphatic rings. The summed E-state index contributed by atoms with van der Waals surface area (Å²) in [6.07, 6.45) is 0. The average Bonchev–Trinajstić information content (AvgIpc) is 2.71. The van der Waals surface area contributed by atoms with E-state index in [1.807, 2.05) is 6.92 Å². The molecule has 0 atom stereocenters. The van der Waals surface area contributed by atoms with Gasteiger partial charge in [0.1, 0.15) is 11.5 Å². The highest BCUT2D eigenvalue weighted by Gasteiger charge is 2.10. The van der Waals surface area contributed by atoms with E-state index in [4.69, 9.17) is 4.42 Å². The molecule has 17 heavy (non-hydrogen) atoms. The molecular weight excluding hydrogens is 212 g/mol. The number of aryl methyl sites for hydroxylation is 1. The van der Waals surface area contributed by atoms with Crippen molar-refractivity contribution >= 4 is 6.01 Å². The van der Waals surface area contributed by atoms with E-state index in [0.717, 1.165) is 17.0 Å². The summed E-state index contributed by atoms with van der Waals surface area (Å²) in [6.45, 7) is 6.31. The second-order valence-electron chi connectivity index (χ2n) is 4.45. The Balaban J connectivity index is 2.36. The number of hydrogen-bond acceptors (Lipinski definition) is 3. The molecule has 0 spiro atoms. The van der Waals surface area contributed by atoms with E-state index in [2.05, 4.69) is 48.4 Å². The maximum Gasteiger partial charge on any atom is 0.295 e. The van der Waals surface area contributed by atoms with Crippen LogP contribution in [0.15, 0.2) is 28.7 Å². The molecule has 0 radical (unpaired) electrons. The Morgan fingerprint density at radius 3 is 2.29 bits per heavy atom. The molecule has 1 heterocycles. The van der Waals surface area contributed by atoms with Crippen LogP contribution >= 0.6 is 0 Å². The summed E-state index contributed by atoms with van der Waals surface area (Å²) in [6, 6.07) is 9.05. The number of hydrogen-bond donors (Lipinski definition) is 1. The van der Waals surface area contributed by atoms with E-state index in [0.29, 0.717) is 11.9 Å². The normalized spacial score (nSPS) is 10.9. The van der Waals surface area contributed by atoms with Gasteiger partial charge in [-0.3, -0.25) is 0 Å². The van der Waals surface area contributed by atoms with Crippen LogP contribution in [0.4, 0.5) is 6.01 Å². The summed E-state index contributed by atoms with van der Waals surface area (Å²) in [5.41, 5.74) is 3.34. The minimum atomic E-state index is 0.551. The summed E-state index contributed by atoms with van der Waals surface area (Å²) in [5.74, 6) is 1.39. The number of rotatable bonds is 3. The third-order valence-electron chi connectivity index (χ3n) is 2.86. The third-order valence-corrected chi connectivity index (χ3v) is 2.86. The van der Waals surface area contributed by atoms with Gasteiger partial charge < -0.3 is 9.73 Å². The highest BCUT2D eigenvalue weighted by molar-refractivity contribution is 5.62. The van der Waals surface area contributed by atoms with Gasteiger partial charge in [0.15, 0.2) is 0 Å². The van der Waals surface area contributed by atoms with Gasteiger partial charge in [0.25, 0.3) is 6.01 Å². The van der Waals surface area contributed by atoms with Crippen LogP contribution in [0.1, 0.15) is 31.1 Å². The minimum Gasteiger partial charge on any atom is -0.428 e. The van der Waals surface area contributed by atoms with E-state index >= 15 is 0 Å². The van der Waals surface area contributed by atoms with Crippen molar-refractivity contribution in [2.24, 2.45) is 0 Å². The van der Waals surface area contributed by atoms with Crippen LogP contribution in [0.3, 0.4) is 0 Å². The second kappa shape index (κ2) is 4.62. The first-order valence-corrected chi connectivity index (χ1v) is 5.87. The Hall–Kier alpha value is -1.77. The monoisotopic (exact) mass is 230 g/mol. The lowest BCUT2D eigenvalue weighted by molar-refractivity contribution is 0.544. The molecule has 2 rings (SSSR count). The first kappa shape index (κ1) is 11.7. The van der Waals surface area contributed by atoms with Gasteiger partial charge in [-0.05, 0) is 18.4 Å². The molecule has 0 unspecified atom stereocenters. The molecule has 0 bridgehead atoms. The molecule has 3 nitrogen and oxygen atoms in total. The van der Waals surface area contributed by atoms with Crippen LogP contribution < -0.4 is 5.32 Å². The van der Waals surface area contributed by atoms with Crippen LogP contribution in [0, 0.1) is 6.92 Å². The molecule has 0 saturated heterocycles. The molecule has 1 N–H and O–H groups in total. The lowest BCUT2D eigenvalue weighted by Gasteiger charge is -2.05. The molecule has 3 heteroatoms. The third kappa shape index (κ3) is 2.33. The molecule has 1 aromatic heterocycles. The van der Waals surface area contributed by atoms with Gasteiger partial charge in [-0.15, -0.1) is 0 Å². The van der Waals surface area contributed by atoms with E-state index in [9.17, 15) is 0 Å². The van der Waals surface area contributed by atoms with Crippen LogP contribution in [-0.4, -0.2) is 12.0 Å². The molecule has 0 saturated carbocycles. The van der Waals surface area contributed by atoms with Crippen molar-refractivity contribution in [3.8, 4) is 11.3 Å². The summed E-state index contributed by atoms with van der Waals surface area (Å²) >= 11 is 0. The standard InChI is InChI=1S/C14H18N2O/c1-9(2)11-5-7-12(8-6-11)13-10(3)17-14(15-4)16-13/h5-9H,1-4H3,(H,15,16). The number of benzene rings is 1. The zero-order valence-corrected chi connectivity index (χ0v) is 10.7. The van der Waals surface area contributed by atoms with Crippen molar-refractivity contribution in [2.45, 2.75) is 26.7 Å². The number of oxazole rings is 1. The van der Waals surface area contributed by atoms with Gasteiger partial charge in [0.2, 0.25) is 0 Å². The number of aromatic nitrogens is 1. The molecule has 0 aliphatic carbocycles. The lowest BCUT2D eigenvalue weighted by Crippen LogP contribution is -1.89. The van der Waals surface area contributed by atoms with E-state index in [-0.39, 0.29) is 0 Å². The fourth-order valence-electron chi connectivity index (χ4n) is 1.80. The molecule has 0 aliphatic heterocycles. The summed E-state index contributed by atoms with van der Waals surface area (Å²) in [7, 11) is 1.80. The number of nitrogens with zero attached hydrogens (tertiary/aromatic N) is 1. The number of anilines is 1. The topological polar surface area (TPSA) is 38.1 Å². The maximum absolute atomic E-state index is 5.47. The van der Waals surface area contributed by atoms with E-state index < -0.39 is 0 Å². The largest absolute Gasteiger partial charge is 0.428 e. The predicted molar refractivity (Wildman–Crippen MR) is 70.3 cm³/mol. The Kier molecular flexibility index (Phi) is 3.18. The van der Waals surface area contributed by atoms with Crippen molar-refractivity contribution < 1.29 is 4.42 Å². The Labute approximate surface area is 102 Å². The molecule has 2 aromatic rings. The van der Waals surface area contributed by atoms with Gasteiger partial charge in [-0.2, -0.15) is 4.98 Å². The predicted octanol–water partition coefficient (Wildman–Crippen LogP) is 3.82. The van der Waals surface area contributed by atoms with Gasteiger partial charge >= 0.3 is 0 Å². The molecular formula is C14H18N2O.